The topological polar surface area (TPSA) is 52.6 Å². The van der Waals surface area contributed by atoms with Crippen LogP contribution in [-0.4, -0.2) is 42.1 Å². The van der Waals surface area contributed by atoms with E-state index in [1.165, 1.54) is 12.1 Å². The van der Waals surface area contributed by atoms with Crippen molar-refractivity contribution in [3.05, 3.63) is 28.3 Å². The van der Waals surface area contributed by atoms with Crippen LogP contribution in [0.1, 0.15) is 15.9 Å². The fourth-order valence-electron chi connectivity index (χ4n) is 1.88. The molecule has 92 valence electrons. The van der Waals surface area contributed by atoms with Crippen LogP contribution in [0.3, 0.4) is 0 Å². The molecule has 0 aliphatic carbocycles. The van der Waals surface area contributed by atoms with Gasteiger partial charge in [0, 0.05) is 31.2 Å². The summed E-state index contributed by atoms with van der Waals surface area (Å²) in [5, 5.41) is 13.5. The highest BCUT2D eigenvalue weighted by Gasteiger charge is 2.21. The predicted molar refractivity (Wildman–Crippen MR) is 66.6 cm³/mol. The lowest BCUT2D eigenvalue weighted by Crippen LogP contribution is -2.46. The Bertz CT molecular complexity index is 442. The number of rotatable bonds is 1. The van der Waals surface area contributed by atoms with Gasteiger partial charge in [0.25, 0.3) is 5.91 Å². The summed E-state index contributed by atoms with van der Waals surface area (Å²) in [5.41, 5.74) is 1.04. The van der Waals surface area contributed by atoms with Gasteiger partial charge in [-0.2, -0.15) is 0 Å². The van der Waals surface area contributed by atoms with Crippen LogP contribution in [0.25, 0.3) is 0 Å². The summed E-state index contributed by atoms with van der Waals surface area (Å²) in [6.45, 7) is 4.67. The number of amides is 1. The summed E-state index contributed by atoms with van der Waals surface area (Å²) in [6, 6.07) is 3.06. The second-order valence-corrected chi connectivity index (χ2v) is 4.57. The molecular weight excluding hydrogens is 240 g/mol. The highest BCUT2D eigenvalue weighted by Crippen LogP contribution is 2.26. The van der Waals surface area contributed by atoms with E-state index >= 15 is 0 Å². The van der Waals surface area contributed by atoms with Crippen molar-refractivity contribution in [2.45, 2.75) is 6.92 Å². The van der Waals surface area contributed by atoms with E-state index in [-0.39, 0.29) is 17.2 Å². The smallest absolute Gasteiger partial charge is 0.257 e. The molecule has 0 aromatic heterocycles. The van der Waals surface area contributed by atoms with Crippen LogP contribution in [0.5, 0.6) is 5.75 Å². The van der Waals surface area contributed by atoms with E-state index in [4.69, 9.17) is 11.6 Å². The molecule has 17 heavy (non-hydrogen) atoms. The number of benzene rings is 1. The van der Waals surface area contributed by atoms with E-state index in [0.29, 0.717) is 18.1 Å². The van der Waals surface area contributed by atoms with Crippen LogP contribution >= 0.6 is 11.6 Å². The van der Waals surface area contributed by atoms with Crippen molar-refractivity contribution >= 4 is 17.5 Å². The average Bonchev–Trinajstić information content (AvgIpc) is 2.34. The molecule has 0 atom stereocenters. The molecule has 0 spiro atoms. The van der Waals surface area contributed by atoms with Crippen LogP contribution < -0.4 is 5.32 Å². The number of phenolic OH excluding ortho intramolecular Hbond substituents is 1. The summed E-state index contributed by atoms with van der Waals surface area (Å²) in [7, 11) is 0. The van der Waals surface area contributed by atoms with E-state index in [2.05, 4.69) is 5.32 Å². The van der Waals surface area contributed by atoms with E-state index in [1.54, 1.807) is 11.8 Å². The Labute approximate surface area is 105 Å². The van der Waals surface area contributed by atoms with Gasteiger partial charge in [-0.15, -0.1) is 0 Å². The predicted octanol–water partition coefficient (Wildman–Crippen LogP) is 1.40. The SMILES string of the molecule is Cc1cc(O)c(C(=O)N2CCNCC2)cc1Cl. The number of aryl methyl sites for hydroxylation is 1. The molecule has 0 bridgehead atoms. The Morgan fingerprint density at radius 1 is 1.41 bits per heavy atom. The highest BCUT2D eigenvalue weighted by atomic mass is 35.5. The molecule has 1 saturated heterocycles. The number of nitrogens with zero attached hydrogens (tertiary/aromatic N) is 1. The summed E-state index contributed by atoms with van der Waals surface area (Å²) in [6.07, 6.45) is 0. The number of hydrogen-bond acceptors (Lipinski definition) is 3. The molecule has 1 heterocycles. The number of piperazine rings is 1. The lowest BCUT2D eigenvalue weighted by Gasteiger charge is -2.27. The number of hydrogen-bond donors (Lipinski definition) is 2. The maximum Gasteiger partial charge on any atom is 0.257 e. The average molecular weight is 255 g/mol. The molecule has 1 aromatic carbocycles. The molecule has 0 radical (unpaired) electrons. The fourth-order valence-corrected chi connectivity index (χ4v) is 2.04. The van der Waals surface area contributed by atoms with Gasteiger partial charge in [0.15, 0.2) is 0 Å². The minimum absolute atomic E-state index is 0.00423. The Hall–Kier alpha value is -1.26. The minimum Gasteiger partial charge on any atom is -0.507 e. The summed E-state index contributed by atoms with van der Waals surface area (Å²) in [4.78, 5) is 13.9. The maximum atomic E-state index is 12.2. The van der Waals surface area contributed by atoms with Crippen LogP contribution in [0.2, 0.25) is 5.02 Å². The van der Waals surface area contributed by atoms with Crippen molar-refractivity contribution in [2.24, 2.45) is 0 Å². The molecule has 5 heteroatoms. The first-order chi connectivity index (χ1) is 8.09. The van der Waals surface area contributed by atoms with Gasteiger partial charge >= 0.3 is 0 Å². The van der Waals surface area contributed by atoms with Gasteiger partial charge < -0.3 is 15.3 Å². The number of carbonyl (C=O) groups excluding carboxylic acids is 1. The third kappa shape index (κ3) is 2.53. The number of carbonyl (C=O) groups is 1. The molecule has 1 aromatic rings. The Kier molecular flexibility index (Phi) is 3.54. The molecule has 0 saturated carbocycles. The van der Waals surface area contributed by atoms with Crippen molar-refractivity contribution in [2.75, 3.05) is 26.2 Å². The highest BCUT2D eigenvalue weighted by molar-refractivity contribution is 6.31. The van der Waals surface area contributed by atoms with Crippen molar-refractivity contribution < 1.29 is 9.90 Å². The summed E-state index contributed by atoms with van der Waals surface area (Å²) < 4.78 is 0. The van der Waals surface area contributed by atoms with Crippen LogP contribution in [0.4, 0.5) is 0 Å². The Balaban J connectivity index is 2.26. The first kappa shape index (κ1) is 12.2. The van der Waals surface area contributed by atoms with E-state index < -0.39 is 0 Å². The van der Waals surface area contributed by atoms with Gasteiger partial charge in [-0.3, -0.25) is 4.79 Å². The van der Waals surface area contributed by atoms with Crippen molar-refractivity contribution in [3.8, 4) is 5.75 Å². The lowest BCUT2D eigenvalue weighted by atomic mass is 10.1. The Morgan fingerprint density at radius 3 is 2.71 bits per heavy atom. The van der Waals surface area contributed by atoms with Gasteiger partial charge in [0.1, 0.15) is 5.75 Å². The van der Waals surface area contributed by atoms with Crippen LogP contribution in [-0.2, 0) is 0 Å². The second kappa shape index (κ2) is 4.94. The van der Waals surface area contributed by atoms with Crippen LogP contribution in [0.15, 0.2) is 12.1 Å². The standard InChI is InChI=1S/C12H15ClN2O2/c1-8-6-11(16)9(7-10(8)13)12(17)15-4-2-14-3-5-15/h6-7,14,16H,2-5H2,1H3. The normalized spacial score (nSPS) is 16.0. The lowest BCUT2D eigenvalue weighted by molar-refractivity contribution is 0.0733. The molecule has 1 aliphatic rings. The quantitative estimate of drug-likeness (QED) is 0.797. The van der Waals surface area contributed by atoms with Crippen molar-refractivity contribution in [1.29, 1.82) is 0 Å². The maximum absolute atomic E-state index is 12.2. The Morgan fingerprint density at radius 2 is 2.06 bits per heavy atom. The third-order valence-electron chi connectivity index (χ3n) is 2.91. The van der Waals surface area contributed by atoms with Gasteiger partial charge in [0.05, 0.1) is 5.56 Å². The number of nitrogens with one attached hydrogen (secondary N) is 1. The molecule has 0 unspecified atom stereocenters. The van der Waals surface area contributed by atoms with Gasteiger partial charge in [-0.05, 0) is 24.6 Å². The number of phenols is 1. The monoisotopic (exact) mass is 254 g/mol. The largest absolute Gasteiger partial charge is 0.507 e. The zero-order valence-electron chi connectivity index (χ0n) is 9.66. The summed E-state index contributed by atoms with van der Waals surface area (Å²) >= 11 is 5.97. The minimum atomic E-state index is -0.161. The van der Waals surface area contributed by atoms with Gasteiger partial charge in [-0.25, -0.2) is 0 Å². The third-order valence-corrected chi connectivity index (χ3v) is 3.32. The van der Waals surface area contributed by atoms with E-state index in [1.807, 2.05) is 0 Å². The van der Waals surface area contributed by atoms with Crippen LogP contribution in [0, 0.1) is 6.92 Å². The van der Waals surface area contributed by atoms with Gasteiger partial charge in [0.2, 0.25) is 0 Å². The zero-order chi connectivity index (χ0) is 12.4. The number of halogens is 1. The first-order valence-corrected chi connectivity index (χ1v) is 5.96. The molecule has 2 rings (SSSR count). The number of aromatic hydroxyl groups is 1. The molecule has 4 nitrogen and oxygen atoms in total. The van der Waals surface area contributed by atoms with Crippen molar-refractivity contribution in [3.63, 3.8) is 0 Å². The van der Waals surface area contributed by atoms with E-state index in [0.717, 1.165) is 18.7 Å². The van der Waals surface area contributed by atoms with E-state index in [9.17, 15) is 9.90 Å². The first-order valence-electron chi connectivity index (χ1n) is 5.58. The molecule has 1 aliphatic heterocycles. The molecule has 1 fully saturated rings. The molecule has 2 N–H and O–H groups in total. The zero-order valence-corrected chi connectivity index (χ0v) is 10.4. The van der Waals surface area contributed by atoms with Crippen molar-refractivity contribution in [1.82, 2.24) is 10.2 Å². The fraction of sp³-hybridized carbons (Fsp3) is 0.417. The molecule has 1 amide bonds. The summed E-state index contributed by atoms with van der Waals surface area (Å²) in [5.74, 6) is -0.165. The second-order valence-electron chi connectivity index (χ2n) is 4.16. The van der Waals surface area contributed by atoms with Gasteiger partial charge in [-0.1, -0.05) is 11.6 Å². The molecular formula is C12H15ClN2O2.